The largest absolute Gasteiger partial charge is 0.421 e. The van der Waals surface area contributed by atoms with Crippen molar-refractivity contribution in [2.75, 3.05) is 5.32 Å². The van der Waals surface area contributed by atoms with Crippen molar-refractivity contribution in [2.24, 2.45) is 12.8 Å². The van der Waals surface area contributed by atoms with E-state index in [0.29, 0.717) is 17.4 Å². The average Bonchev–Trinajstić information content (AvgIpc) is 3.09. The number of rotatable bonds is 5. The summed E-state index contributed by atoms with van der Waals surface area (Å²) in [7, 11) is 1.80. The second-order valence-electron chi connectivity index (χ2n) is 6.74. The van der Waals surface area contributed by atoms with Crippen LogP contribution in [0.3, 0.4) is 0 Å². The van der Waals surface area contributed by atoms with E-state index in [1.165, 1.54) is 20.0 Å². The van der Waals surface area contributed by atoms with Gasteiger partial charge in [0.2, 0.25) is 17.7 Å². The first kappa shape index (κ1) is 19.9. The van der Waals surface area contributed by atoms with Gasteiger partial charge >= 0.3 is 6.03 Å². The van der Waals surface area contributed by atoms with E-state index >= 15 is 0 Å². The molecule has 0 aromatic carbocycles. The van der Waals surface area contributed by atoms with Gasteiger partial charge < -0.3 is 15.8 Å². The number of hydrogen-bond acceptors (Lipinski definition) is 8. The van der Waals surface area contributed by atoms with Gasteiger partial charge in [0.25, 0.3) is 0 Å². The molecule has 11 heteroatoms. The van der Waals surface area contributed by atoms with Gasteiger partial charge in [0.15, 0.2) is 5.82 Å². The van der Waals surface area contributed by atoms with E-state index < -0.39 is 17.5 Å². The molecular formula is C18H20N8O3. The van der Waals surface area contributed by atoms with E-state index in [0.717, 1.165) is 5.56 Å². The molecule has 0 bridgehead atoms. The lowest BCUT2D eigenvalue weighted by Crippen LogP contribution is -2.51. The summed E-state index contributed by atoms with van der Waals surface area (Å²) >= 11 is 0. The van der Waals surface area contributed by atoms with E-state index in [1.54, 1.807) is 48.5 Å². The van der Waals surface area contributed by atoms with Crippen LogP contribution in [0, 0.1) is 0 Å². The molecule has 0 aliphatic rings. The van der Waals surface area contributed by atoms with Crippen LogP contribution in [-0.2, 0) is 11.8 Å². The number of amides is 3. The molecular weight excluding hydrogens is 376 g/mol. The molecule has 3 amide bonds. The fourth-order valence-corrected chi connectivity index (χ4v) is 2.12. The van der Waals surface area contributed by atoms with E-state index in [2.05, 4.69) is 30.7 Å². The number of nitrogens with two attached hydrogens (primary N) is 1. The Bertz CT molecular complexity index is 1020. The molecule has 11 nitrogen and oxygen atoms in total. The first-order valence-corrected chi connectivity index (χ1v) is 8.58. The number of hydrogen-bond donors (Lipinski definition) is 3. The van der Waals surface area contributed by atoms with Crippen molar-refractivity contribution < 1.29 is 14.3 Å². The van der Waals surface area contributed by atoms with Crippen LogP contribution < -0.4 is 21.1 Å². The lowest BCUT2D eigenvalue weighted by molar-refractivity contribution is -0.124. The quantitative estimate of drug-likeness (QED) is 0.586. The minimum atomic E-state index is -1.17. The van der Waals surface area contributed by atoms with Gasteiger partial charge in [-0.25, -0.2) is 14.8 Å². The lowest BCUT2D eigenvalue weighted by Gasteiger charge is -2.17. The van der Waals surface area contributed by atoms with Crippen LogP contribution in [0.1, 0.15) is 13.8 Å². The van der Waals surface area contributed by atoms with E-state index in [9.17, 15) is 9.59 Å². The second kappa shape index (κ2) is 8.02. The number of carbonyl (C=O) groups excluding carboxylic acids is 2. The SMILES string of the molecule is Cn1cc(-c2nccc(Oc3ccc(NC(=O)NC(=O)C(C)(C)N)cn3)n2)cn1. The van der Waals surface area contributed by atoms with Crippen LogP contribution >= 0.6 is 0 Å². The molecule has 0 radical (unpaired) electrons. The van der Waals surface area contributed by atoms with Crippen molar-refractivity contribution >= 4 is 17.6 Å². The molecule has 3 heterocycles. The number of urea groups is 1. The molecule has 3 aromatic heterocycles. The Hall–Kier alpha value is -3.86. The molecule has 0 saturated heterocycles. The number of carbonyl (C=O) groups is 2. The fourth-order valence-electron chi connectivity index (χ4n) is 2.12. The molecule has 3 aromatic rings. The highest BCUT2D eigenvalue weighted by atomic mass is 16.5. The van der Waals surface area contributed by atoms with Gasteiger partial charge in [-0.2, -0.15) is 10.1 Å². The Kier molecular flexibility index (Phi) is 5.50. The lowest BCUT2D eigenvalue weighted by atomic mass is 10.1. The predicted octanol–water partition coefficient (Wildman–Crippen LogP) is 1.45. The first-order valence-electron chi connectivity index (χ1n) is 8.58. The maximum Gasteiger partial charge on any atom is 0.325 e. The molecule has 0 spiro atoms. The van der Waals surface area contributed by atoms with Crippen LogP contribution in [-0.4, -0.2) is 42.2 Å². The van der Waals surface area contributed by atoms with Crippen molar-refractivity contribution in [2.45, 2.75) is 19.4 Å². The van der Waals surface area contributed by atoms with E-state index in [4.69, 9.17) is 10.5 Å². The summed E-state index contributed by atoms with van der Waals surface area (Å²) in [6, 6.07) is 4.02. The molecule has 0 saturated carbocycles. The molecule has 29 heavy (non-hydrogen) atoms. The zero-order valence-electron chi connectivity index (χ0n) is 16.1. The van der Waals surface area contributed by atoms with Crippen LogP contribution in [0.5, 0.6) is 11.8 Å². The minimum absolute atomic E-state index is 0.269. The summed E-state index contributed by atoms with van der Waals surface area (Å²) in [5.41, 5.74) is 5.59. The maximum absolute atomic E-state index is 11.8. The number of pyridine rings is 1. The van der Waals surface area contributed by atoms with E-state index in [-0.39, 0.29) is 5.88 Å². The highest BCUT2D eigenvalue weighted by Crippen LogP contribution is 2.21. The normalized spacial score (nSPS) is 11.0. The molecule has 0 aliphatic heterocycles. The first-order chi connectivity index (χ1) is 13.7. The summed E-state index contributed by atoms with van der Waals surface area (Å²) in [4.78, 5) is 36.2. The summed E-state index contributed by atoms with van der Waals surface area (Å²) in [6.07, 6.45) is 6.40. The topological polar surface area (TPSA) is 150 Å². The number of anilines is 1. The average molecular weight is 396 g/mol. The molecule has 4 N–H and O–H groups in total. The number of nitrogens with zero attached hydrogens (tertiary/aromatic N) is 5. The van der Waals surface area contributed by atoms with E-state index in [1.807, 2.05) is 0 Å². The van der Waals surface area contributed by atoms with Gasteiger partial charge in [0.05, 0.1) is 29.2 Å². The predicted molar refractivity (Wildman–Crippen MR) is 104 cm³/mol. The zero-order chi connectivity index (χ0) is 21.0. The van der Waals surface area contributed by atoms with Crippen molar-refractivity contribution in [3.63, 3.8) is 0 Å². The summed E-state index contributed by atoms with van der Waals surface area (Å²) in [5, 5.41) is 8.73. The molecule has 150 valence electrons. The molecule has 3 rings (SSSR count). The van der Waals surface area contributed by atoms with Crippen molar-refractivity contribution in [1.82, 2.24) is 30.0 Å². The third kappa shape index (κ3) is 5.32. The highest BCUT2D eigenvalue weighted by Gasteiger charge is 2.23. The van der Waals surface area contributed by atoms with Crippen LogP contribution in [0.15, 0.2) is 43.0 Å². The Morgan fingerprint density at radius 2 is 1.93 bits per heavy atom. The van der Waals surface area contributed by atoms with Crippen LogP contribution in [0.25, 0.3) is 11.4 Å². The molecule has 0 unspecified atom stereocenters. The zero-order valence-corrected chi connectivity index (χ0v) is 16.1. The number of imide groups is 1. The molecule has 0 fully saturated rings. The molecule has 0 aliphatic carbocycles. The van der Waals surface area contributed by atoms with Gasteiger partial charge in [0.1, 0.15) is 0 Å². The highest BCUT2D eigenvalue weighted by molar-refractivity contribution is 6.03. The number of nitrogens with one attached hydrogen (secondary N) is 2. The van der Waals surface area contributed by atoms with Crippen molar-refractivity contribution in [1.29, 1.82) is 0 Å². The Morgan fingerprint density at radius 3 is 2.55 bits per heavy atom. The van der Waals surface area contributed by atoms with Gasteiger partial charge in [-0.15, -0.1) is 0 Å². The second-order valence-corrected chi connectivity index (χ2v) is 6.74. The third-order valence-corrected chi connectivity index (χ3v) is 3.61. The Balaban J connectivity index is 1.62. The smallest absolute Gasteiger partial charge is 0.325 e. The summed E-state index contributed by atoms with van der Waals surface area (Å²) in [6.45, 7) is 2.99. The van der Waals surface area contributed by atoms with Gasteiger partial charge in [0, 0.05) is 31.6 Å². The Morgan fingerprint density at radius 1 is 1.14 bits per heavy atom. The number of aromatic nitrogens is 5. The number of aryl methyl sites for hydroxylation is 1. The Labute approximate surface area is 166 Å². The summed E-state index contributed by atoms with van der Waals surface area (Å²) in [5.74, 6) is 0.445. The van der Waals surface area contributed by atoms with Gasteiger partial charge in [-0.3, -0.25) is 14.8 Å². The summed E-state index contributed by atoms with van der Waals surface area (Å²) < 4.78 is 7.28. The number of ether oxygens (including phenoxy) is 1. The van der Waals surface area contributed by atoms with Crippen molar-refractivity contribution in [3.8, 4) is 23.1 Å². The van der Waals surface area contributed by atoms with Gasteiger partial charge in [-0.1, -0.05) is 0 Å². The van der Waals surface area contributed by atoms with Crippen LogP contribution in [0.4, 0.5) is 10.5 Å². The fraction of sp³-hybridized carbons (Fsp3) is 0.222. The van der Waals surface area contributed by atoms with Crippen molar-refractivity contribution in [3.05, 3.63) is 43.0 Å². The van der Waals surface area contributed by atoms with Gasteiger partial charge in [-0.05, 0) is 19.9 Å². The monoisotopic (exact) mass is 396 g/mol. The molecule has 0 atom stereocenters. The third-order valence-electron chi connectivity index (χ3n) is 3.61. The van der Waals surface area contributed by atoms with Crippen LogP contribution in [0.2, 0.25) is 0 Å². The maximum atomic E-state index is 11.8. The minimum Gasteiger partial charge on any atom is -0.421 e. The standard InChI is InChI=1S/C18H20N8O3/c1-18(2,19)16(27)25-17(28)23-12-4-5-13(21-9-12)29-14-6-7-20-15(24-14)11-8-22-26(3)10-11/h4-10H,19H2,1-3H3,(H2,23,25,27,28).